The normalized spacial score (nSPS) is 26.4. The summed E-state index contributed by atoms with van der Waals surface area (Å²) in [7, 11) is 1.70. The van der Waals surface area contributed by atoms with Gasteiger partial charge in [0.15, 0.2) is 0 Å². The minimum atomic E-state index is -0.440. The second-order valence-corrected chi connectivity index (χ2v) is 6.48. The van der Waals surface area contributed by atoms with E-state index in [1.54, 1.807) is 7.11 Å². The maximum absolute atomic E-state index is 9.89. The molecule has 4 heteroatoms. The van der Waals surface area contributed by atoms with E-state index in [0.29, 0.717) is 19.3 Å². The number of ether oxygens (including phenoxy) is 2. The molecule has 1 saturated carbocycles. The largest absolute Gasteiger partial charge is 0.389 e. The quantitative estimate of drug-likeness (QED) is 0.710. The summed E-state index contributed by atoms with van der Waals surface area (Å²) in [5.74, 6) is 0.761. The molecule has 1 rings (SSSR count). The van der Waals surface area contributed by atoms with Crippen molar-refractivity contribution in [3.63, 3.8) is 0 Å². The number of rotatable bonds is 8. The number of hydrogen-bond acceptors (Lipinski definition) is 4. The van der Waals surface area contributed by atoms with Crippen molar-refractivity contribution in [2.75, 3.05) is 26.8 Å². The lowest BCUT2D eigenvalue weighted by Gasteiger charge is -2.28. The fourth-order valence-corrected chi connectivity index (χ4v) is 2.45. The molecule has 3 atom stereocenters. The molecule has 2 N–H and O–H groups in total. The number of aliphatic hydroxyl groups excluding tert-OH is 1. The summed E-state index contributed by atoms with van der Waals surface area (Å²) in [6.45, 7) is 8.02. The van der Waals surface area contributed by atoms with Gasteiger partial charge < -0.3 is 19.9 Å². The van der Waals surface area contributed by atoms with Crippen molar-refractivity contribution < 1.29 is 14.6 Å². The Morgan fingerprint density at radius 1 is 1.37 bits per heavy atom. The van der Waals surface area contributed by atoms with E-state index in [4.69, 9.17) is 9.47 Å². The van der Waals surface area contributed by atoms with E-state index in [-0.39, 0.29) is 5.60 Å². The molecule has 1 fully saturated rings. The van der Waals surface area contributed by atoms with Gasteiger partial charge in [-0.15, -0.1) is 0 Å². The highest BCUT2D eigenvalue weighted by Gasteiger charge is 2.20. The lowest BCUT2D eigenvalue weighted by molar-refractivity contribution is -0.0331. The molecule has 4 nitrogen and oxygen atoms in total. The molecule has 1 aliphatic carbocycles. The van der Waals surface area contributed by atoms with Crippen LogP contribution in [-0.2, 0) is 9.47 Å². The fraction of sp³-hybridized carbons (Fsp3) is 1.00. The van der Waals surface area contributed by atoms with E-state index < -0.39 is 6.10 Å². The minimum Gasteiger partial charge on any atom is -0.389 e. The Bertz CT molecular complexity index is 246. The van der Waals surface area contributed by atoms with Gasteiger partial charge in [-0.2, -0.15) is 0 Å². The number of hydrogen-bond donors (Lipinski definition) is 2. The van der Waals surface area contributed by atoms with Crippen molar-refractivity contribution in [1.29, 1.82) is 0 Å². The predicted octanol–water partition coefficient (Wildman–Crippen LogP) is 1.96. The lowest BCUT2D eigenvalue weighted by atomic mass is 9.89. The summed E-state index contributed by atoms with van der Waals surface area (Å²) in [5.41, 5.74) is -0.195. The molecule has 3 unspecified atom stereocenters. The third-order valence-corrected chi connectivity index (χ3v) is 3.90. The van der Waals surface area contributed by atoms with E-state index in [1.165, 1.54) is 12.8 Å². The van der Waals surface area contributed by atoms with Crippen LogP contribution >= 0.6 is 0 Å². The molecule has 0 aromatic carbocycles. The van der Waals surface area contributed by atoms with Gasteiger partial charge in [0, 0.05) is 20.2 Å². The van der Waals surface area contributed by atoms with Crippen molar-refractivity contribution >= 4 is 0 Å². The molecular weight excluding hydrogens is 242 g/mol. The maximum atomic E-state index is 9.89. The molecule has 0 bridgehead atoms. The first-order chi connectivity index (χ1) is 8.93. The highest BCUT2D eigenvalue weighted by molar-refractivity contribution is 4.74. The highest BCUT2D eigenvalue weighted by atomic mass is 16.5. The van der Waals surface area contributed by atoms with Gasteiger partial charge in [0.05, 0.1) is 24.4 Å². The van der Waals surface area contributed by atoms with Crippen LogP contribution < -0.4 is 5.32 Å². The Kier molecular flexibility index (Phi) is 7.29. The van der Waals surface area contributed by atoms with Crippen molar-refractivity contribution in [1.82, 2.24) is 5.32 Å². The zero-order valence-electron chi connectivity index (χ0n) is 12.9. The molecule has 0 aromatic rings. The summed E-state index contributed by atoms with van der Waals surface area (Å²) < 4.78 is 11.1. The zero-order valence-corrected chi connectivity index (χ0v) is 12.9. The average molecular weight is 273 g/mol. The first kappa shape index (κ1) is 16.9. The van der Waals surface area contributed by atoms with Crippen LogP contribution in [0.3, 0.4) is 0 Å². The van der Waals surface area contributed by atoms with Crippen LogP contribution in [0.25, 0.3) is 0 Å². The van der Waals surface area contributed by atoms with Gasteiger partial charge in [-0.05, 0) is 32.6 Å². The first-order valence-electron chi connectivity index (χ1n) is 7.48. The van der Waals surface area contributed by atoms with Gasteiger partial charge >= 0.3 is 0 Å². The second-order valence-electron chi connectivity index (χ2n) is 6.48. The van der Waals surface area contributed by atoms with Gasteiger partial charge in [0.25, 0.3) is 0 Å². The Balaban J connectivity index is 2.09. The monoisotopic (exact) mass is 273 g/mol. The number of methoxy groups -OCH3 is 1. The van der Waals surface area contributed by atoms with Crippen LogP contribution in [0.15, 0.2) is 0 Å². The summed E-state index contributed by atoms with van der Waals surface area (Å²) >= 11 is 0. The fourth-order valence-electron chi connectivity index (χ4n) is 2.45. The summed E-state index contributed by atoms with van der Waals surface area (Å²) in [5, 5.41) is 13.1. The van der Waals surface area contributed by atoms with Gasteiger partial charge in [0.1, 0.15) is 0 Å². The Hall–Kier alpha value is -0.160. The van der Waals surface area contributed by atoms with Crippen molar-refractivity contribution in [2.45, 2.75) is 64.3 Å². The van der Waals surface area contributed by atoms with Gasteiger partial charge in [-0.3, -0.25) is 0 Å². The van der Waals surface area contributed by atoms with E-state index >= 15 is 0 Å². The van der Waals surface area contributed by atoms with Crippen molar-refractivity contribution in [2.24, 2.45) is 5.92 Å². The van der Waals surface area contributed by atoms with Crippen molar-refractivity contribution in [3.05, 3.63) is 0 Å². The molecule has 19 heavy (non-hydrogen) atoms. The summed E-state index contributed by atoms with van der Waals surface area (Å²) in [6.07, 6.45) is 4.75. The van der Waals surface area contributed by atoms with E-state index in [2.05, 4.69) is 12.2 Å². The molecule has 0 radical (unpaired) electrons. The van der Waals surface area contributed by atoms with Crippen LogP contribution in [0.2, 0.25) is 0 Å². The maximum Gasteiger partial charge on any atom is 0.0897 e. The Morgan fingerprint density at radius 3 is 2.74 bits per heavy atom. The van der Waals surface area contributed by atoms with Crippen molar-refractivity contribution in [3.8, 4) is 0 Å². The SMILES string of the molecule is COC(C)(C)CNCC(O)COC1CCCC(C)C1. The van der Waals surface area contributed by atoms with E-state index in [1.807, 2.05) is 13.8 Å². The minimum absolute atomic E-state index is 0.195. The van der Waals surface area contributed by atoms with Gasteiger partial charge in [0.2, 0.25) is 0 Å². The third kappa shape index (κ3) is 7.25. The predicted molar refractivity (Wildman–Crippen MR) is 77.3 cm³/mol. The number of aliphatic hydroxyl groups is 1. The number of nitrogens with one attached hydrogen (secondary N) is 1. The smallest absolute Gasteiger partial charge is 0.0897 e. The standard InChI is InChI=1S/C15H31NO3/c1-12-6-5-7-14(8-12)19-10-13(17)9-16-11-15(2,3)18-4/h12-14,16-17H,5-11H2,1-4H3. The summed E-state index contributed by atoms with van der Waals surface area (Å²) in [6, 6.07) is 0. The highest BCUT2D eigenvalue weighted by Crippen LogP contribution is 2.25. The lowest BCUT2D eigenvalue weighted by Crippen LogP contribution is -2.41. The van der Waals surface area contributed by atoms with Gasteiger partial charge in [-0.1, -0.05) is 19.8 Å². The molecule has 0 amide bonds. The molecular formula is C15H31NO3. The molecule has 0 heterocycles. The Labute approximate surface area is 117 Å². The third-order valence-electron chi connectivity index (χ3n) is 3.90. The Morgan fingerprint density at radius 2 is 2.11 bits per heavy atom. The van der Waals surface area contributed by atoms with Crippen LogP contribution in [0.5, 0.6) is 0 Å². The molecule has 0 aromatic heterocycles. The van der Waals surface area contributed by atoms with Crippen LogP contribution in [0.1, 0.15) is 46.5 Å². The van der Waals surface area contributed by atoms with Crippen LogP contribution in [0.4, 0.5) is 0 Å². The van der Waals surface area contributed by atoms with Crippen LogP contribution in [-0.4, -0.2) is 49.7 Å². The molecule has 0 aliphatic heterocycles. The second kappa shape index (κ2) is 8.20. The summed E-state index contributed by atoms with van der Waals surface area (Å²) in [4.78, 5) is 0. The van der Waals surface area contributed by atoms with E-state index in [0.717, 1.165) is 25.3 Å². The molecule has 1 aliphatic rings. The van der Waals surface area contributed by atoms with E-state index in [9.17, 15) is 5.11 Å². The van der Waals surface area contributed by atoms with Crippen LogP contribution in [0, 0.1) is 5.92 Å². The molecule has 114 valence electrons. The van der Waals surface area contributed by atoms with Gasteiger partial charge in [-0.25, -0.2) is 0 Å². The first-order valence-corrected chi connectivity index (χ1v) is 7.48. The molecule has 0 spiro atoms. The average Bonchev–Trinajstić information content (AvgIpc) is 2.36. The zero-order chi connectivity index (χ0) is 14.3. The molecule has 0 saturated heterocycles. The topological polar surface area (TPSA) is 50.7 Å².